The molecule has 0 saturated heterocycles. The van der Waals surface area contributed by atoms with Gasteiger partial charge in [0.2, 0.25) is 0 Å². The van der Waals surface area contributed by atoms with Crippen molar-refractivity contribution in [1.29, 1.82) is 0 Å². The molecule has 1 rings (SSSR count). The molecule has 0 N–H and O–H groups in total. The van der Waals surface area contributed by atoms with Crippen molar-refractivity contribution in [3.8, 4) is 0 Å². The number of hydrogen-bond acceptors (Lipinski definition) is 6. The second kappa shape index (κ2) is 20.4. The molecule has 0 unspecified atom stereocenters. The first-order valence-corrected chi connectivity index (χ1v) is 6.85. The molecule has 0 amide bonds. The third kappa shape index (κ3) is 32.0. The summed E-state index contributed by atoms with van der Waals surface area (Å²) in [4.78, 5) is 0. The molecule has 1 aromatic rings. The van der Waals surface area contributed by atoms with Gasteiger partial charge in [-0.3, -0.25) is 0 Å². The summed E-state index contributed by atoms with van der Waals surface area (Å²) in [7, 11) is 0. The fourth-order valence-corrected chi connectivity index (χ4v) is 1.09. The Bertz CT molecular complexity index is 267. The Labute approximate surface area is 150 Å². The van der Waals surface area contributed by atoms with Crippen molar-refractivity contribution in [3.05, 3.63) is 36.4 Å². The summed E-state index contributed by atoms with van der Waals surface area (Å²) >= 11 is 17.5. The molecular weight excluding hydrogens is 370 g/mol. The molecule has 0 aromatic heterocycles. The van der Waals surface area contributed by atoms with E-state index in [0.717, 1.165) is 0 Å². The Kier molecular flexibility index (Phi) is 25.9. The summed E-state index contributed by atoms with van der Waals surface area (Å²) in [5.74, 6) is 0. The van der Waals surface area contributed by atoms with Crippen molar-refractivity contribution in [2.24, 2.45) is 0 Å². The van der Waals surface area contributed by atoms with Crippen molar-refractivity contribution in [3.63, 3.8) is 0 Å². The van der Waals surface area contributed by atoms with Crippen LogP contribution in [0.1, 0.15) is 13.8 Å². The van der Waals surface area contributed by atoms with Gasteiger partial charge in [-0.15, -0.1) is 0 Å². The summed E-state index contributed by atoms with van der Waals surface area (Å²) in [6, 6.07) is 12.0. The number of benzene rings is 1. The van der Waals surface area contributed by atoms with E-state index in [1.807, 2.05) is 50.2 Å². The van der Waals surface area contributed by atoms with E-state index in [4.69, 9.17) is 0 Å². The van der Waals surface area contributed by atoms with E-state index < -0.39 is 0 Å². The maximum Gasteiger partial charge on any atom is 2.00 e. The van der Waals surface area contributed by atoms with Gasteiger partial charge < -0.3 is 59.2 Å². The molecule has 0 heterocycles. The molecule has 0 aliphatic rings. The van der Waals surface area contributed by atoms with Crippen LogP contribution in [0.15, 0.2) is 36.4 Å². The summed E-state index contributed by atoms with van der Waals surface area (Å²) in [5.41, 5.74) is 0. The predicted octanol–water partition coefficient (Wildman–Crippen LogP) is 3.39. The fourth-order valence-electron chi connectivity index (χ4n) is 0.621. The Balaban J connectivity index is -0.000000197. The Hall–Kier alpha value is 0.0634. The smallest absolute Gasteiger partial charge is 0.514 e. The predicted molar refractivity (Wildman–Crippen MR) is 89.6 cm³/mol. The van der Waals surface area contributed by atoms with Gasteiger partial charge in [-0.2, -0.15) is 0 Å². The van der Waals surface area contributed by atoms with Crippen LogP contribution < -0.4 is 0 Å². The van der Waals surface area contributed by atoms with Crippen molar-refractivity contribution < 1.29 is 29.0 Å². The molecule has 0 spiro atoms. The molecule has 2 nitrogen and oxygen atoms in total. The normalized spacial score (nSPS) is 7.26. The first-order valence-electron chi connectivity index (χ1n) is 5.22. The van der Waals surface area contributed by atoms with Gasteiger partial charge in [-0.1, -0.05) is 36.4 Å². The van der Waals surface area contributed by atoms with E-state index in [1.54, 1.807) is 0 Å². The summed E-state index contributed by atoms with van der Waals surface area (Å²) < 4.78 is 9.59. The zero-order valence-electron chi connectivity index (χ0n) is 11.0. The van der Waals surface area contributed by atoms with Crippen molar-refractivity contribution in [1.82, 2.24) is 0 Å². The average molecular weight is 386 g/mol. The minimum Gasteiger partial charge on any atom is -0.514 e. The minimum atomic E-state index is 0. The van der Waals surface area contributed by atoms with E-state index in [1.165, 1.54) is 0 Å². The zero-order valence-corrected chi connectivity index (χ0v) is 17.3. The third-order valence-electron chi connectivity index (χ3n) is 1.19. The first-order chi connectivity index (χ1) is 8.54. The first kappa shape index (κ1) is 24.1. The summed E-state index contributed by atoms with van der Waals surface area (Å²) in [6.45, 7) is 4.86. The summed E-state index contributed by atoms with van der Waals surface area (Å²) in [5, 5.41) is 0. The molecular formula is C12H16O2S4Zn. The van der Waals surface area contributed by atoms with Crippen LogP contribution in [0.5, 0.6) is 0 Å². The maximum atomic E-state index is 4.59. The average Bonchev–Trinajstić information content (AvgIpc) is 2.32. The molecule has 0 aliphatic carbocycles. The standard InChI is InChI=1S/C6H6.2C3H6OS2.Zn/c1-2-4-6-5-3-1;2*1-2-4-3(5)6;/h1-6H;2*2H2,1H3,(H,5,6);/q;;;+2/p-2. The molecule has 7 heteroatoms. The number of ether oxygens (including phenoxy) is 2. The van der Waals surface area contributed by atoms with Gasteiger partial charge in [0.1, 0.15) is 0 Å². The van der Waals surface area contributed by atoms with Gasteiger partial charge in [0.15, 0.2) is 0 Å². The van der Waals surface area contributed by atoms with Crippen molar-refractivity contribution in [2.75, 3.05) is 13.2 Å². The number of thiocarbonyl (C=S) groups is 2. The van der Waals surface area contributed by atoms with Crippen LogP contribution in [0.2, 0.25) is 0 Å². The minimum absolute atomic E-state index is 0. The Morgan fingerprint density at radius 2 is 1.00 bits per heavy atom. The molecule has 0 radical (unpaired) electrons. The van der Waals surface area contributed by atoms with E-state index >= 15 is 0 Å². The fraction of sp³-hybridized carbons (Fsp3) is 0.333. The van der Waals surface area contributed by atoms with Gasteiger partial charge in [0.05, 0.1) is 13.2 Å². The van der Waals surface area contributed by atoms with Gasteiger partial charge in [0, 0.05) is 8.77 Å². The van der Waals surface area contributed by atoms with E-state index in [2.05, 4.69) is 59.2 Å². The third-order valence-corrected chi connectivity index (χ3v) is 1.66. The van der Waals surface area contributed by atoms with Crippen LogP contribution in [0.4, 0.5) is 0 Å². The van der Waals surface area contributed by atoms with Gasteiger partial charge in [-0.05, 0) is 13.8 Å². The van der Waals surface area contributed by atoms with Crippen LogP contribution in [0.3, 0.4) is 0 Å². The monoisotopic (exact) mass is 384 g/mol. The molecule has 102 valence electrons. The van der Waals surface area contributed by atoms with Crippen LogP contribution >= 0.6 is 24.4 Å². The van der Waals surface area contributed by atoms with Gasteiger partial charge >= 0.3 is 19.5 Å². The van der Waals surface area contributed by atoms with Crippen molar-refractivity contribution >= 4 is 58.5 Å². The molecule has 1 aromatic carbocycles. The van der Waals surface area contributed by atoms with E-state index in [-0.39, 0.29) is 28.2 Å². The largest absolute Gasteiger partial charge is 2.00 e. The molecule has 0 aliphatic heterocycles. The molecule has 0 atom stereocenters. The zero-order chi connectivity index (χ0) is 14.2. The second-order valence-electron chi connectivity index (χ2n) is 2.52. The van der Waals surface area contributed by atoms with Crippen LogP contribution in [0, 0.1) is 0 Å². The summed E-state index contributed by atoms with van der Waals surface area (Å²) in [6.07, 6.45) is 0. The van der Waals surface area contributed by atoms with Gasteiger partial charge in [0.25, 0.3) is 0 Å². The quantitative estimate of drug-likeness (QED) is 0.438. The van der Waals surface area contributed by atoms with E-state index in [0.29, 0.717) is 13.2 Å². The van der Waals surface area contributed by atoms with Crippen LogP contribution in [-0.2, 0) is 54.2 Å². The van der Waals surface area contributed by atoms with Crippen LogP contribution in [0.25, 0.3) is 0 Å². The SMILES string of the molecule is CCOC(=S)[S-].CCOC(=S)[S-].[Zn+2].c1ccccc1. The second-order valence-corrected chi connectivity index (χ2v) is 4.52. The molecule has 19 heavy (non-hydrogen) atoms. The Morgan fingerprint density at radius 1 is 0.789 bits per heavy atom. The number of rotatable bonds is 2. The topological polar surface area (TPSA) is 18.5 Å². The molecule has 0 bridgehead atoms. The van der Waals surface area contributed by atoms with Gasteiger partial charge in [-0.25, -0.2) is 0 Å². The maximum absolute atomic E-state index is 4.59. The van der Waals surface area contributed by atoms with Crippen LogP contribution in [-0.4, -0.2) is 22.0 Å². The van der Waals surface area contributed by atoms with Crippen molar-refractivity contribution in [2.45, 2.75) is 13.8 Å². The molecule has 0 fully saturated rings. The number of hydrogen-bond donors (Lipinski definition) is 0. The van der Waals surface area contributed by atoms with E-state index in [9.17, 15) is 0 Å². The molecule has 0 saturated carbocycles. The Morgan fingerprint density at radius 3 is 1.05 bits per heavy atom.